The van der Waals surface area contributed by atoms with Crippen LogP contribution in [0, 0.1) is 0 Å². The quantitative estimate of drug-likeness (QED) is 0.753. The molecule has 1 aromatic carbocycles. The van der Waals surface area contributed by atoms with E-state index in [9.17, 15) is 9.90 Å². The highest BCUT2D eigenvalue weighted by molar-refractivity contribution is 6.07. The molecule has 1 aromatic heterocycles. The SMILES string of the molecule is O=C1NC2=Nc3ccc(OCCCn4ccnc4)cc3CN2C1CO. The van der Waals surface area contributed by atoms with Gasteiger partial charge in [0.25, 0.3) is 5.91 Å². The van der Waals surface area contributed by atoms with Crippen LogP contribution in [0.15, 0.2) is 41.9 Å². The van der Waals surface area contributed by atoms with Crippen molar-refractivity contribution in [1.82, 2.24) is 19.8 Å². The lowest BCUT2D eigenvalue weighted by Gasteiger charge is -2.27. The van der Waals surface area contributed by atoms with Crippen LogP contribution in [0.3, 0.4) is 0 Å². The Morgan fingerprint density at radius 3 is 3.12 bits per heavy atom. The first-order valence-electron chi connectivity index (χ1n) is 8.23. The van der Waals surface area contributed by atoms with E-state index in [1.54, 1.807) is 17.4 Å². The van der Waals surface area contributed by atoms with Crippen molar-refractivity contribution in [3.63, 3.8) is 0 Å². The number of hydrogen-bond donors (Lipinski definition) is 2. The lowest BCUT2D eigenvalue weighted by molar-refractivity contribution is -0.122. The predicted octanol–water partition coefficient (Wildman–Crippen LogP) is 0.646. The van der Waals surface area contributed by atoms with Gasteiger partial charge < -0.3 is 19.3 Å². The minimum Gasteiger partial charge on any atom is -0.494 e. The van der Waals surface area contributed by atoms with E-state index in [1.165, 1.54) is 0 Å². The van der Waals surface area contributed by atoms with Crippen LogP contribution in [0.25, 0.3) is 0 Å². The Morgan fingerprint density at radius 2 is 2.32 bits per heavy atom. The van der Waals surface area contributed by atoms with E-state index in [0.29, 0.717) is 19.1 Å². The topological polar surface area (TPSA) is 92.0 Å². The van der Waals surface area contributed by atoms with E-state index in [4.69, 9.17) is 4.74 Å². The second-order valence-electron chi connectivity index (χ2n) is 6.04. The van der Waals surface area contributed by atoms with E-state index in [1.807, 2.05) is 29.0 Å². The van der Waals surface area contributed by atoms with Crippen LogP contribution in [0.4, 0.5) is 5.69 Å². The number of amides is 1. The molecule has 1 amide bonds. The molecule has 2 aliphatic heterocycles. The lowest BCUT2D eigenvalue weighted by Crippen LogP contribution is -2.39. The summed E-state index contributed by atoms with van der Waals surface area (Å²) in [7, 11) is 0. The Hall–Kier alpha value is -2.87. The molecule has 1 saturated heterocycles. The smallest absolute Gasteiger partial charge is 0.251 e. The molecule has 1 unspecified atom stereocenters. The molecule has 8 nitrogen and oxygen atoms in total. The number of aromatic nitrogens is 2. The van der Waals surface area contributed by atoms with E-state index >= 15 is 0 Å². The summed E-state index contributed by atoms with van der Waals surface area (Å²) < 4.78 is 7.84. The van der Waals surface area contributed by atoms with Gasteiger partial charge in [-0.1, -0.05) is 0 Å². The Morgan fingerprint density at radius 1 is 1.40 bits per heavy atom. The lowest BCUT2D eigenvalue weighted by atomic mass is 10.1. The molecule has 130 valence electrons. The van der Waals surface area contributed by atoms with Crippen molar-refractivity contribution >= 4 is 17.6 Å². The van der Waals surface area contributed by atoms with E-state index in [2.05, 4.69) is 15.3 Å². The fraction of sp³-hybridized carbons (Fsp3) is 0.353. The third kappa shape index (κ3) is 3.08. The van der Waals surface area contributed by atoms with Crippen molar-refractivity contribution in [2.24, 2.45) is 4.99 Å². The molecule has 4 rings (SSSR count). The Labute approximate surface area is 144 Å². The second kappa shape index (κ2) is 6.56. The summed E-state index contributed by atoms with van der Waals surface area (Å²) in [6, 6.07) is 5.15. The number of aliphatic hydroxyl groups is 1. The van der Waals surface area contributed by atoms with Crippen molar-refractivity contribution in [3.8, 4) is 5.75 Å². The van der Waals surface area contributed by atoms with Crippen LogP contribution < -0.4 is 10.1 Å². The average Bonchev–Trinajstić information content (AvgIpc) is 3.23. The second-order valence-corrected chi connectivity index (χ2v) is 6.04. The highest BCUT2D eigenvalue weighted by atomic mass is 16.5. The Balaban J connectivity index is 1.40. The maximum Gasteiger partial charge on any atom is 0.251 e. The van der Waals surface area contributed by atoms with Gasteiger partial charge in [0.2, 0.25) is 5.96 Å². The number of aliphatic imine (C=N–C) groups is 1. The molecule has 0 spiro atoms. The first-order chi connectivity index (χ1) is 12.2. The standard InChI is InChI=1S/C17H19N5O3/c23-10-15-16(24)20-17-19-14-3-2-13(8-12(14)9-22(15)17)25-7-1-5-21-6-4-18-11-21/h2-4,6,8,11,15,23H,1,5,7,9-10H2,(H,19,20,24). The first-order valence-corrected chi connectivity index (χ1v) is 8.23. The number of aryl methyl sites for hydroxylation is 1. The number of rotatable bonds is 6. The van der Waals surface area contributed by atoms with Gasteiger partial charge in [-0.2, -0.15) is 0 Å². The third-order valence-electron chi connectivity index (χ3n) is 4.37. The summed E-state index contributed by atoms with van der Waals surface area (Å²) in [6.45, 7) is 1.75. The van der Waals surface area contributed by atoms with Gasteiger partial charge in [0, 0.05) is 31.0 Å². The summed E-state index contributed by atoms with van der Waals surface area (Å²) in [5, 5.41) is 12.1. The molecule has 2 aliphatic rings. The van der Waals surface area contributed by atoms with Crippen molar-refractivity contribution in [2.75, 3.05) is 13.2 Å². The molecule has 2 aromatic rings. The average molecular weight is 341 g/mol. The first kappa shape index (κ1) is 15.6. The summed E-state index contributed by atoms with van der Waals surface area (Å²) in [5.74, 6) is 1.07. The molecule has 1 fully saturated rings. The van der Waals surface area contributed by atoms with Gasteiger partial charge in [-0.15, -0.1) is 0 Å². The van der Waals surface area contributed by atoms with Crippen LogP contribution in [0.5, 0.6) is 5.75 Å². The summed E-state index contributed by atoms with van der Waals surface area (Å²) in [5.41, 5.74) is 1.79. The number of benzene rings is 1. The minimum atomic E-state index is -0.577. The maximum atomic E-state index is 11.8. The molecule has 0 radical (unpaired) electrons. The minimum absolute atomic E-state index is 0.218. The largest absolute Gasteiger partial charge is 0.494 e. The molecule has 0 aliphatic carbocycles. The highest BCUT2D eigenvalue weighted by Gasteiger charge is 2.38. The van der Waals surface area contributed by atoms with Gasteiger partial charge in [0.1, 0.15) is 11.8 Å². The van der Waals surface area contributed by atoms with Crippen LogP contribution in [-0.4, -0.2) is 50.7 Å². The normalized spacial score (nSPS) is 18.4. The highest BCUT2D eigenvalue weighted by Crippen LogP contribution is 2.31. The van der Waals surface area contributed by atoms with Gasteiger partial charge in [-0.05, 0) is 24.6 Å². The molecule has 3 heterocycles. The summed E-state index contributed by atoms with van der Waals surface area (Å²) in [4.78, 5) is 22.1. The number of nitrogens with one attached hydrogen (secondary N) is 1. The number of aliphatic hydroxyl groups excluding tert-OH is 1. The number of carbonyl (C=O) groups is 1. The number of guanidine groups is 1. The molecule has 1 atom stereocenters. The number of imidazole rings is 1. The van der Waals surface area contributed by atoms with Gasteiger partial charge >= 0.3 is 0 Å². The van der Waals surface area contributed by atoms with E-state index in [0.717, 1.165) is 30.0 Å². The van der Waals surface area contributed by atoms with E-state index < -0.39 is 6.04 Å². The molecule has 0 bridgehead atoms. The number of carbonyl (C=O) groups excluding carboxylic acids is 1. The number of nitrogens with zero attached hydrogens (tertiary/aromatic N) is 4. The van der Waals surface area contributed by atoms with Crippen LogP contribution in [0.1, 0.15) is 12.0 Å². The van der Waals surface area contributed by atoms with E-state index in [-0.39, 0.29) is 12.5 Å². The van der Waals surface area contributed by atoms with Crippen molar-refractivity contribution in [1.29, 1.82) is 0 Å². The van der Waals surface area contributed by atoms with Gasteiger partial charge in [-0.25, -0.2) is 9.98 Å². The monoisotopic (exact) mass is 341 g/mol. The van der Waals surface area contributed by atoms with Gasteiger partial charge in [0.05, 0.1) is 25.2 Å². The number of ether oxygens (including phenoxy) is 1. The molecule has 2 N–H and O–H groups in total. The third-order valence-corrected chi connectivity index (χ3v) is 4.37. The van der Waals surface area contributed by atoms with Gasteiger partial charge in [-0.3, -0.25) is 10.1 Å². The fourth-order valence-electron chi connectivity index (χ4n) is 3.05. The number of fused-ring (bicyclic) bond motifs is 2. The van der Waals surface area contributed by atoms with Crippen LogP contribution >= 0.6 is 0 Å². The Bertz CT molecular complexity index is 803. The zero-order valence-corrected chi connectivity index (χ0v) is 13.6. The van der Waals surface area contributed by atoms with Crippen LogP contribution in [-0.2, 0) is 17.9 Å². The molecule has 8 heteroatoms. The van der Waals surface area contributed by atoms with Crippen LogP contribution in [0.2, 0.25) is 0 Å². The summed E-state index contributed by atoms with van der Waals surface area (Å²) in [6.07, 6.45) is 6.36. The van der Waals surface area contributed by atoms with Crippen molar-refractivity contribution in [2.45, 2.75) is 25.6 Å². The zero-order valence-electron chi connectivity index (χ0n) is 13.6. The zero-order chi connectivity index (χ0) is 17.2. The van der Waals surface area contributed by atoms with Crippen molar-refractivity contribution < 1.29 is 14.6 Å². The molecular formula is C17H19N5O3. The Kier molecular flexibility index (Phi) is 4.10. The predicted molar refractivity (Wildman–Crippen MR) is 90.4 cm³/mol. The van der Waals surface area contributed by atoms with Crippen molar-refractivity contribution in [3.05, 3.63) is 42.5 Å². The molecule has 0 saturated carbocycles. The summed E-state index contributed by atoms with van der Waals surface area (Å²) >= 11 is 0. The van der Waals surface area contributed by atoms with Gasteiger partial charge in [0.15, 0.2) is 0 Å². The maximum absolute atomic E-state index is 11.8. The number of hydrogen-bond acceptors (Lipinski definition) is 6. The molecule has 25 heavy (non-hydrogen) atoms. The molecular weight excluding hydrogens is 322 g/mol. The fourth-order valence-corrected chi connectivity index (χ4v) is 3.05.